The van der Waals surface area contributed by atoms with E-state index in [1.165, 1.54) is 13.5 Å². The molecule has 2 unspecified atom stereocenters. The van der Waals surface area contributed by atoms with Gasteiger partial charge in [0.15, 0.2) is 0 Å². The SMILES string of the molecule is COC(=O)[C@@H](NCc1ccc(C2CC2C)o1)C(C)C. The van der Waals surface area contributed by atoms with Crippen molar-refractivity contribution in [3.63, 3.8) is 0 Å². The fourth-order valence-electron chi connectivity index (χ4n) is 2.34. The normalized spacial score (nSPS) is 23.4. The predicted molar refractivity (Wildman–Crippen MR) is 72.7 cm³/mol. The molecule has 0 amide bonds. The monoisotopic (exact) mass is 265 g/mol. The lowest BCUT2D eigenvalue weighted by molar-refractivity contribution is -0.144. The summed E-state index contributed by atoms with van der Waals surface area (Å²) in [5, 5.41) is 3.20. The van der Waals surface area contributed by atoms with Gasteiger partial charge in [0.05, 0.1) is 13.7 Å². The lowest BCUT2D eigenvalue weighted by Crippen LogP contribution is -2.41. The standard InChI is InChI=1S/C15H23NO3/c1-9(2)14(15(17)18-4)16-8-11-5-6-13(19-11)12-7-10(12)3/h5-6,9-10,12,14,16H,7-8H2,1-4H3/t10?,12?,14-/m0/s1. The van der Waals surface area contributed by atoms with Crippen molar-refractivity contribution in [1.29, 1.82) is 0 Å². The highest BCUT2D eigenvalue weighted by Gasteiger charge is 2.36. The van der Waals surface area contributed by atoms with E-state index < -0.39 is 0 Å². The minimum atomic E-state index is -0.293. The molecule has 0 radical (unpaired) electrons. The van der Waals surface area contributed by atoms with Crippen molar-refractivity contribution >= 4 is 5.97 Å². The molecule has 1 fully saturated rings. The number of esters is 1. The molecule has 0 bridgehead atoms. The van der Waals surface area contributed by atoms with Crippen LogP contribution in [0.5, 0.6) is 0 Å². The van der Waals surface area contributed by atoms with E-state index >= 15 is 0 Å². The molecule has 1 saturated carbocycles. The quantitative estimate of drug-likeness (QED) is 0.803. The molecule has 1 aromatic heterocycles. The molecule has 0 aliphatic heterocycles. The average Bonchev–Trinajstić information content (AvgIpc) is 2.91. The van der Waals surface area contributed by atoms with Crippen molar-refractivity contribution in [2.45, 2.75) is 45.7 Å². The fourth-order valence-corrected chi connectivity index (χ4v) is 2.34. The Bertz CT molecular complexity index is 438. The summed E-state index contributed by atoms with van der Waals surface area (Å²) in [7, 11) is 1.42. The number of carbonyl (C=O) groups excluding carboxylic acids is 1. The Morgan fingerprint density at radius 1 is 1.53 bits per heavy atom. The van der Waals surface area contributed by atoms with Crippen LogP contribution in [0, 0.1) is 11.8 Å². The number of hydrogen-bond acceptors (Lipinski definition) is 4. The van der Waals surface area contributed by atoms with E-state index in [2.05, 4.69) is 12.2 Å². The molecule has 19 heavy (non-hydrogen) atoms. The molecule has 0 spiro atoms. The van der Waals surface area contributed by atoms with Crippen LogP contribution in [-0.2, 0) is 16.1 Å². The molecule has 1 aromatic rings. The van der Waals surface area contributed by atoms with Gasteiger partial charge in [-0.25, -0.2) is 0 Å². The van der Waals surface area contributed by atoms with E-state index in [-0.39, 0.29) is 17.9 Å². The van der Waals surface area contributed by atoms with E-state index in [0.29, 0.717) is 12.5 Å². The summed E-state index contributed by atoms with van der Waals surface area (Å²) in [6.07, 6.45) is 1.22. The minimum absolute atomic E-state index is 0.185. The summed E-state index contributed by atoms with van der Waals surface area (Å²) in [4.78, 5) is 11.6. The molecule has 106 valence electrons. The number of hydrogen-bond donors (Lipinski definition) is 1. The van der Waals surface area contributed by atoms with Crippen molar-refractivity contribution in [1.82, 2.24) is 5.32 Å². The smallest absolute Gasteiger partial charge is 0.323 e. The Morgan fingerprint density at radius 2 is 2.21 bits per heavy atom. The second kappa shape index (κ2) is 5.78. The lowest BCUT2D eigenvalue weighted by atomic mass is 10.0. The third-order valence-electron chi connectivity index (χ3n) is 3.78. The van der Waals surface area contributed by atoms with Crippen LogP contribution in [0.1, 0.15) is 44.6 Å². The zero-order chi connectivity index (χ0) is 14.0. The molecule has 1 heterocycles. The van der Waals surface area contributed by atoms with Gasteiger partial charge in [-0.1, -0.05) is 20.8 Å². The minimum Gasteiger partial charge on any atom is -0.468 e. The molecule has 0 saturated heterocycles. The number of furan rings is 1. The molecule has 1 N–H and O–H groups in total. The van der Waals surface area contributed by atoms with Crippen LogP contribution < -0.4 is 5.32 Å². The van der Waals surface area contributed by atoms with Gasteiger partial charge in [-0.15, -0.1) is 0 Å². The fraction of sp³-hybridized carbons (Fsp3) is 0.667. The first-order valence-electron chi connectivity index (χ1n) is 6.92. The van der Waals surface area contributed by atoms with Gasteiger partial charge in [0, 0.05) is 5.92 Å². The average molecular weight is 265 g/mol. The van der Waals surface area contributed by atoms with E-state index in [1.807, 2.05) is 26.0 Å². The Hall–Kier alpha value is -1.29. The van der Waals surface area contributed by atoms with Crippen LogP contribution >= 0.6 is 0 Å². The van der Waals surface area contributed by atoms with Gasteiger partial charge in [0.25, 0.3) is 0 Å². The number of ether oxygens (including phenoxy) is 1. The molecule has 4 heteroatoms. The van der Waals surface area contributed by atoms with E-state index in [1.54, 1.807) is 0 Å². The molecule has 1 aliphatic rings. The highest BCUT2D eigenvalue weighted by atomic mass is 16.5. The molecule has 1 aliphatic carbocycles. The van der Waals surface area contributed by atoms with Crippen LogP contribution in [0.4, 0.5) is 0 Å². The number of rotatable bonds is 6. The van der Waals surface area contributed by atoms with Crippen molar-refractivity contribution in [2.75, 3.05) is 7.11 Å². The number of methoxy groups -OCH3 is 1. The molecular weight excluding hydrogens is 242 g/mol. The second-order valence-electron chi connectivity index (χ2n) is 5.75. The van der Waals surface area contributed by atoms with Gasteiger partial charge in [0.1, 0.15) is 17.6 Å². The lowest BCUT2D eigenvalue weighted by Gasteiger charge is -2.19. The Balaban J connectivity index is 1.90. The van der Waals surface area contributed by atoms with Crippen LogP contribution in [0.2, 0.25) is 0 Å². The number of nitrogens with one attached hydrogen (secondary N) is 1. The molecule has 3 atom stereocenters. The Morgan fingerprint density at radius 3 is 2.74 bits per heavy atom. The molecular formula is C15H23NO3. The molecule has 2 rings (SSSR count). The zero-order valence-corrected chi connectivity index (χ0v) is 12.1. The van der Waals surface area contributed by atoms with E-state index in [0.717, 1.165) is 17.4 Å². The maximum Gasteiger partial charge on any atom is 0.323 e. The summed E-state index contributed by atoms with van der Waals surface area (Å²) >= 11 is 0. The van der Waals surface area contributed by atoms with Crippen LogP contribution in [0.3, 0.4) is 0 Å². The van der Waals surface area contributed by atoms with Crippen molar-refractivity contribution in [3.05, 3.63) is 23.7 Å². The highest BCUT2D eigenvalue weighted by molar-refractivity contribution is 5.75. The largest absolute Gasteiger partial charge is 0.468 e. The first kappa shape index (κ1) is 14.1. The maximum atomic E-state index is 11.6. The highest BCUT2D eigenvalue weighted by Crippen LogP contribution is 2.47. The van der Waals surface area contributed by atoms with Crippen molar-refractivity contribution in [3.8, 4) is 0 Å². The predicted octanol–water partition coefficient (Wildman–Crippen LogP) is 2.69. The first-order valence-corrected chi connectivity index (χ1v) is 6.92. The summed E-state index contributed by atoms with van der Waals surface area (Å²) in [5.41, 5.74) is 0. The number of carbonyl (C=O) groups is 1. The first-order chi connectivity index (χ1) is 9.02. The van der Waals surface area contributed by atoms with Crippen LogP contribution in [-0.4, -0.2) is 19.1 Å². The van der Waals surface area contributed by atoms with Gasteiger partial charge >= 0.3 is 5.97 Å². The zero-order valence-electron chi connectivity index (χ0n) is 12.1. The second-order valence-corrected chi connectivity index (χ2v) is 5.75. The van der Waals surface area contributed by atoms with Gasteiger partial charge in [-0.2, -0.15) is 0 Å². The summed E-state index contributed by atoms with van der Waals surface area (Å²) in [6, 6.07) is 3.74. The van der Waals surface area contributed by atoms with Gasteiger partial charge in [-0.3, -0.25) is 10.1 Å². The van der Waals surface area contributed by atoms with Crippen LogP contribution in [0.15, 0.2) is 16.5 Å². The molecule has 4 nitrogen and oxygen atoms in total. The Kier molecular flexibility index (Phi) is 4.30. The van der Waals surface area contributed by atoms with Crippen LogP contribution in [0.25, 0.3) is 0 Å². The molecule has 0 aromatic carbocycles. The summed E-state index contributed by atoms with van der Waals surface area (Å²) in [5.74, 6) is 3.25. The van der Waals surface area contributed by atoms with E-state index in [4.69, 9.17) is 9.15 Å². The van der Waals surface area contributed by atoms with Crippen molar-refractivity contribution in [2.24, 2.45) is 11.8 Å². The third kappa shape index (κ3) is 3.38. The van der Waals surface area contributed by atoms with Gasteiger partial charge in [-0.05, 0) is 30.4 Å². The summed E-state index contributed by atoms with van der Waals surface area (Å²) < 4.78 is 10.6. The van der Waals surface area contributed by atoms with Gasteiger partial charge < -0.3 is 9.15 Å². The third-order valence-corrected chi connectivity index (χ3v) is 3.78. The Labute approximate surface area is 114 Å². The summed E-state index contributed by atoms with van der Waals surface area (Å²) in [6.45, 7) is 6.78. The maximum absolute atomic E-state index is 11.6. The van der Waals surface area contributed by atoms with E-state index in [9.17, 15) is 4.79 Å². The topological polar surface area (TPSA) is 51.5 Å². The van der Waals surface area contributed by atoms with Gasteiger partial charge in [0.2, 0.25) is 0 Å². The van der Waals surface area contributed by atoms with Crippen molar-refractivity contribution < 1.29 is 13.9 Å².